The lowest BCUT2D eigenvalue weighted by atomic mass is 9.70. The van der Waals surface area contributed by atoms with Crippen molar-refractivity contribution in [3.63, 3.8) is 0 Å². The fourth-order valence-corrected chi connectivity index (χ4v) is 9.75. The van der Waals surface area contributed by atoms with Crippen molar-refractivity contribution >= 4 is 10.8 Å². The number of hydrogen-bond acceptors (Lipinski definition) is 3. The lowest BCUT2D eigenvalue weighted by Gasteiger charge is -2.30. The van der Waals surface area contributed by atoms with E-state index in [4.69, 9.17) is 15.0 Å². The standard InChI is InChI=1S/C56H35N3/c1-2-16-37(17-3-1)53-57-54(59-55(58-53)48-27-14-18-36-15-4-5-23-43(36)48)42-22-13-21-40(34-42)38-19-12-20-39(33-38)41-31-32-47-46-26-8-11-30-51(46)56(52(47)35-41)49-28-9-6-24-44(49)45-25-7-10-29-50(45)56/h1-35H. The summed E-state index contributed by atoms with van der Waals surface area (Å²) in [4.78, 5) is 15.3. The van der Waals surface area contributed by atoms with Crippen LogP contribution in [0.4, 0.5) is 0 Å². The minimum Gasteiger partial charge on any atom is -0.208 e. The van der Waals surface area contributed by atoms with E-state index < -0.39 is 0 Å². The molecule has 9 aromatic carbocycles. The minimum atomic E-state index is -0.380. The predicted octanol–water partition coefficient (Wildman–Crippen LogP) is 13.7. The van der Waals surface area contributed by atoms with Crippen LogP contribution in [0.25, 0.3) is 89.4 Å². The average molecular weight is 750 g/mol. The van der Waals surface area contributed by atoms with Crippen LogP contribution in [-0.4, -0.2) is 15.0 Å². The second-order valence-corrected chi connectivity index (χ2v) is 15.5. The molecule has 1 heterocycles. The number of hydrogen-bond donors (Lipinski definition) is 0. The summed E-state index contributed by atoms with van der Waals surface area (Å²) in [6.45, 7) is 0. The van der Waals surface area contributed by atoms with E-state index in [-0.39, 0.29) is 5.41 Å². The number of rotatable bonds is 5. The first-order valence-corrected chi connectivity index (χ1v) is 20.2. The summed E-state index contributed by atoms with van der Waals surface area (Å²) in [5.41, 5.74) is 17.7. The zero-order valence-electron chi connectivity index (χ0n) is 32.0. The van der Waals surface area contributed by atoms with Gasteiger partial charge >= 0.3 is 0 Å². The second kappa shape index (κ2) is 13.2. The average Bonchev–Trinajstić information content (AvgIpc) is 3.79. The van der Waals surface area contributed by atoms with E-state index in [0.717, 1.165) is 38.6 Å². The Morgan fingerprint density at radius 2 is 0.678 bits per heavy atom. The van der Waals surface area contributed by atoms with Gasteiger partial charge in [-0.3, -0.25) is 0 Å². The molecule has 0 amide bonds. The van der Waals surface area contributed by atoms with Gasteiger partial charge in [0.1, 0.15) is 0 Å². The molecule has 0 bridgehead atoms. The molecule has 0 radical (unpaired) electrons. The van der Waals surface area contributed by atoms with Crippen molar-refractivity contribution in [2.24, 2.45) is 0 Å². The van der Waals surface area contributed by atoms with Crippen LogP contribution in [0, 0.1) is 0 Å². The Hall–Kier alpha value is -7.75. The smallest absolute Gasteiger partial charge is 0.164 e. The van der Waals surface area contributed by atoms with Crippen molar-refractivity contribution < 1.29 is 0 Å². The summed E-state index contributed by atoms with van der Waals surface area (Å²) in [7, 11) is 0. The summed E-state index contributed by atoms with van der Waals surface area (Å²) < 4.78 is 0. The van der Waals surface area contributed by atoms with Crippen LogP contribution in [0.15, 0.2) is 212 Å². The molecule has 1 spiro atoms. The lowest BCUT2D eigenvalue weighted by Crippen LogP contribution is -2.25. The normalized spacial score (nSPS) is 12.9. The highest BCUT2D eigenvalue weighted by Gasteiger charge is 2.51. The van der Waals surface area contributed by atoms with Gasteiger partial charge in [-0.2, -0.15) is 0 Å². The summed E-state index contributed by atoms with van der Waals surface area (Å²) in [6.07, 6.45) is 0. The number of fused-ring (bicyclic) bond motifs is 11. The Morgan fingerprint density at radius 3 is 1.34 bits per heavy atom. The Bertz CT molecular complexity index is 3220. The van der Waals surface area contributed by atoms with Crippen LogP contribution < -0.4 is 0 Å². The topological polar surface area (TPSA) is 38.7 Å². The third-order valence-corrected chi connectivity index (χ3v) is 12.3. The van der Waals surface area contributed by atoms with Crippen molar-refractivity contribution in [3.05, 3.63) is 235 Å². The Morgan fingerprint density at radius 1 is 0.254 bits per heavy atom. The molecule has 0 aliphatic heterocycles. The molecule has 0 atom stereocenters. The molecule has 1 aromatic heterocycles. The molecular weight excluding hydrogens is 715 g/mol. The third kappa shape index (κ3) is 5.11. The van der Waals surface area contributed by atoms with E-state index >= 15 is 0 Å². The van der Waals surface area contributed by atoms with Gasteiger partial charge in [0.15, 0.2) is 17.5 Å². The van der Waals surface area contributed by atoms with Gasteiger partial charge in [-0.25, -0.2) is 15.0 Å². The highest BCUT2D eigenvalue weighted by molar-refractivity contribution is 5.97. The van der Waals surface area contributed by atoms with Crippen molar-refractivity contribution in [2.45, 2.75) is 5.41 Å². The van der Waals surface area contributed by atoms with Crippen LogP contribution in [0.1, 0.15) is 22.3 Å². The van der Waals surface area contributed by atoms with E-state index in [1.807, 2.05) is 18.2 Å². The van der Waals surface area contributed by atoms with Crippen LogP contribution >= 0.6 is 0 Å². The Labute approximate surface area is 343 Å². The minimum absolute atomic E-state index is 0.380. The highest BCUT2D eigenvalue weighted by atomic mass is 15.0. The summed E-state index contributed by atoms with van der Waals surface area (Å²) in [6, 6.07) is 76.4. The lowest BCUT2D eigenvalue weighted by molar-refractivity contribution is 0.794. The number of nitrogens with zero attached hydrogens (tertiary/aromatic N) is 3. The van der Waals surface area contributed by atoms with E-state index in [0.29, 0.717) is 17.5 Å². The maximum Gasteiger partial charge on any atom is 0.164 e. The molecule has 0 saturated carbocycles. The van der Waals surface area contributed by atoms with Crippen LogP contribution in [0.2, 0.25) is 0 Å². The predicted molar refractivity (Wildman–Crippen MR) is 241 cm³/mol. The first-order valence-electron chi connectivity index (χ1n) is 20.2. The molecule has 3 nitrogen and oxygen atoms in total. The van der Waals surface area contributed by atoms with Crippen LogP contribution in [0.5, 0.6) is 0 Å². The van der Waals surface area contributed by atoms with Gasteiger partial charge < -0.3 is 0 Å². The quantitative estimate of drug-likeness (QED) is 0.176. The van der Waals surface area contributed by atoms with Gasteiger partial charge in [0.05, 0.1) is 5.41 Å². The molecular formula is C56H35N3. The van der Waals surface area contributed by atoms with Crippen molar-refractivity contribution in [3.8, 4) is 78.7 Å². The molecule has 59 heavy (non-hydrogen) atoms. The van der Waals surface area contributed by atoms with Crippen molar-refractivity contribution in [2.75, 3.05) is 0 Å². The molecule has 10 aromatic rings. The van der Waals surface area contributed by atoms with Gasteiger partial charge in [0.25, 0.3) is 0 Å². The zero-order valence-corrected chi connectivity index (χ0v) is 32.0. The summed E-state index contributed by atoms with van der Waals surface area (Å²) in [5, 5.41) is 2.26. The van der Waals surface area contributed by atoms with Gasteiger partial charge in [0, 0.05) is 16.7 Å². The monoisotopic (exact) mass is 749 g/mol. The first kappa shape index (κ1) is 33.4. The van der Waals surface area contributed by atoms with Gasteiger partial charge in [-0.1, -0.05) is 194 Å². The maximum absolute atomic E-state index is 5.14. The maximum atomic E-state index is 5.14. The Kier molecular flexibility index (Phi) is 7.45. The zero-order chi connectivity index (χ0) is 38.9. The van der Waals surface area contributed by atoms with Gasteiger partial charge in [-0.05, 0) is 95.7 Å². The fraction of sp³-hybridized carbons (Fsp3) is 0.0179. The van der Waals surface area contributed by atoms with E-state index in [1.54, 1.807) is 0 Å². The van der Waals surface area contributed by atoms with Crippen LogP contribution in [0.3, 0.4) is 0 Å². The highest BCUT2D eigenvalue weighted by Crippen LogP contribution is 2.63. The fourth-order valence-electron chi connectivity index (χ4n) is 9.75. The summed E-state index contributed by atoms with van der Waals surface area (Å²) in [5.74, 6) is 1.94. The molecule has 3 heteroatoms. The van der Waals surface area contributed by atoms with Gasteiger partial charge in [-0.15, -0.1) is 0 Å². The van der Waals surface area contributed by atoms with Crippen molar-refractivity contribution in [1.29, 1.82) is 0 Å². The molecule has 274 valence electrons. The Balaban J connectivity index is 0.974. The van der Waals surface area contributed by atoms with Crippen LogP contribution in [-0.2, 0) is 5.41 Å². The molecule has 0 N–H and O–H groups in total. The molecule has 2 aliphatic rings. The van der Waals surface area contributed by atoms with Gasteiger partial charge in [0.2, 0.25) is 0 Å². The molecule has 0 unspecified atom stereocenters. The largest absolute Gasteiger partial charge is 0.208 e. The molecule has 0 fully saturated rings. The van der Waals surface area contributed by atoms with E-state index in [1.165, 1.54) is 55.6 Å². The van der Waals surface area contributed by atoms with E-state index in [2.05, 4.69) is 194 Å². The molecule has 12 rings (SSSR count). The molecule has 0 saturated heterocycles. The first-order chi connectivity index (χ1) is 29.2. The SMILES string of the molecule is c1ccc(-c2nc(-c3cccc(-c4cccc(-c5ccc6c(c5)C5(c7ccccc7-c7ccccc75)c5ccccc5-6)c4)c3)nc(-c3cccc4ccccc34)n2)cc1. The van der Waals surface area contributed by atoms with Crippen molar-refractivity contribution in [1.82, 2.24) is 15.0 Å². The van der Waals surface area contributed by atoms with E-state index in [9.17, 15) is 0 Å². The number of benzene rings is 9. The third-order valence-electron chi connectivity index (χ3n) is 12.3. The summed E-state index contributed by atoms with van der Waals surface area (Å²) >= 11 is 0. The second-order valence-electron chi connectivity index (χ2n) is 15.5. The molecule has 2 aliphatic carbocycles. The number of aromatic nitrogens is 3.